The number of hydrogen-bond donors (Lipinski definition) is 0. The van der Waals surface area contributed by atoms with Gasteiger partial charge in [0.1, 0.15) is 13.2 Å². The van der Waals surface area contributed by atoms with Gasteiger partial charge in [-0.25, -0.2) is 0 Å². The van der Waals surface area contributed by atoms with Gasteiger partial charge in [-0.2, -0.15) is 0 Å². The van der Waals surface area contributed by atoms with Gasteiger partial charge in [-0.1, -0.05) is 128 Å². The first-order valence-electron chi connectivity index (χ1n) is 18.4. The Morgan fingerprint density at radius 1 is 0.500 bits per heavy atom. The number of benzene rings is 2. The SMILES string of the molecule is CCCCCCCN(CCCC)CC(=O)OCc1cccc(-c2cccc(COC(=O)CN(CCCC)CCCCCCC)c2)c1. The maximum Gasteiger partial charge on any atom is 0.320 e. The summed E-state index contributed by atoms with van der Waals surface area (Å²) in [6, 6.07) is 16.3. The number of nitrogens with zero attached hydrogens (tertiary/aromatic N) is 2. The maximum atomic E-state index is 12.8. The predicted octanol–water partition coefficient (Wildman–Crippen LogP) is 9.59. The van der Waals surface area contributed by atoms with Gasteiger partial charge in [-0.15, -0.1) is 0 Å². The van der Waals surface area contributed by atoms with Crippen molar-refractivity contribution in [3.63, 3.8) is 0 Å². The van der Waals surface area contributed by atoms with Gasteiger partial charge in [0.2, 0.25) is 0 Å². The zero-order valence-electron chi connectivity index (χ0n) is 29.7. The molecule has 0 unspecified atom stereocenters. The van der Waals surface area contributed by atoms with Crippen molar-refractivity contribution < 1.29 is 19.1 Å². The molecule has 6 nitrogen and oxygen atoms in total. The van der Waals surface area contributed by atoms with Gasteiger partial charge in [0.25, 0.3) is 0 Å². The van der Waals surface area contributed by atoms with Gasteiger partial charge in [-0.3, -0.25) is 19.4 Å². The molecule has 0 atom stereocenters. The van der Waals surface area contributed by atoms with Crippen molar-refractivity contribution in [2.75, 3.05) is 39.3 Å². The van der Waals surface area contributed by atoms with Gasteiger partial charge in [0, 0.05) is 0 Å². The average Bonchev–Trinajstić information content (AvgIpc) is 3.07. The molecule has 0 bridgehead atoms. The van der Waals surface area contributed by atoms with E-state index in [4.69, 9.17) is 9.47 Å². The van der Waals surface area contributed by atoms with Crippen LogP contribution in [0, 0.1) is 0 Å². The molecular formula is C40H64N2O4. The summed E-state index contributed by atoms with van der Waals surface area (Å²) in [5.74, 6) is -0.327. The van der Waals surface area contributed by atoms with Crippen LogP contribution in [0.5, 0.6) is 0 Å². The summed E-state index contributed by atoms with van der Waals surface area (Å²) < 4.78 is 11.4. The van der Waals surface area contributed by atoms with Crippen LogP contribution in [-0.2, 0) is 32.3 Å². The van der Waals surface area contributed by atoms with E-state index in [1.807, 2.05) is 24.3 Å². The number of carbonyl (C=O) groups excluding carboxylic acids is 2. The molecular weight excluding hydrogens is 572 g/mol. The minimum atomic E-state index is -0.163. The smallest absolute Gasteiger partial charge is 0.320 e. The Morgan fingerprint density at radius 2 is 0.870 bits per heavy atom. The van der Waals surface area contributed by atoms with Crippen LogP contribution in [0.2, 0.25) is 0 Å². The molecule has 2 rings (SSSR count). The molecule has 0 amide bonds. The van der Waals surface area contributed by atoms with E-state index < -0.39 is 0 Å². The molecule has 258 valence electrons. The Hall–Kier alpha value is -2.70. The van der Waals surface area contributed by atoms with E-state index in [-0.39, 0.29) is 25.2 Å². The first kappa shape index (κ1) is 39.5. The Morgan fingerprint density at radius 3 is 1.26 bits per heavy atom. The number of ether oxygens (including phenoxy) is 2. The monoisotopic (exact) mass is 636 g/mol. The van der Waals surface area contributed by atoms with Crippen LogP contribution in [0.3, 0.4) is 0 Å². The van der Waals surface area contributed by atoms with Crippen molar-refractivity contribution in [3.05, 3.63) is 59.7 Å². The fraction of sp³-hybridized carbons (Fsp3) is 0.650. The summed E-state index contributed by atoms with van der Waals surface area (Å²) in [5, 5.41) is 0. The summed E-state index contributed by atoms with van der Waals surface area (Å²) in [6.07, 6.45) is 16.7. The molecule has 6 heteroatoms. The highest BCUT2D eigenvalue weighted by atomic mass is 16.5. The van der Waals surface area contributed by atoms with E-state index in [1.54, 1.807) is 0 Å². The van der Waals surface area contributed by atoms with Gasteiger partial charge in [0.15, 0.2) is 0 Å². The van der Waals surface area contributed by atoms with Gasteiger partial charge in [-0.05, 0) is 86.2 Å². The summed E-state index contributed by atoms with van der Waals surface area (Å²) in [5.41, 5.74) is 4.02. The van der Waals surface area contributed by atoms with Crippen LogP contribution < -0.4 is 0 Å². The van der Waals surface area contributed by atoms with E-state index >= 15 is 0 Å². The molecule has 0 spiro atoms. The first-order valence-corrected chi connectivity index (χ1v) is 18.4. The minimum absolute atomic E-state index is 0.163. The lowest BCUT2D eigenvalue weighted by atomic mass is 10.0. The summed E-state index contributed by atoms with van der Waals surface area (Å²) >= 11 is 0. The third kappa shape index (κ3) is 17.9. The van der Waals surface area contributed by atoms with Gasteiger partial charge in [0.05, 0.1) is 13.1 Å². The van der Waals surface area contributed by atoms with Crippen molar-refractivity contribution in [3.8, 4) is 11.1 Å². The van der Waals surface area contributed by atoms with Crippen molar-refractivity contribution >= 4 is 11.9 Å². The molecule has 0 heterocycles. The second-order valence-electron chi connectivity index (χ2n) is 12.8. The molecule has 0 N–H and O–H groups in total. The molecule has 2 aromatic rings. The third-order valence-electron chi connectivity index (χ3n) is 8.50. The van der Waals surface area contributed by atoms with Crippen molar-refractivity contribution in [1.82, 2.24) is 9.80 Å². The minimum Gasteiger partial charge on any atom is -0.460 e. The molecule has 0 aliphatic carbocycles. The molecule has 0 aliphatic heterocycles. The standard InChI is InChI=1S/C40H64N2O4/c1-5-9-13-15-17-27-41(25-11-7-3)31-39(43)45-33-35-21-19-23-37(29-35)38-24-20-22-36(30-38)34-46-40(44)32-42(26-12-8-4)28-18-16-14-10-6-2/h19-24,29-30H,5-18,25-28,31-34H2,1-4H3. The molecule has 0 aromatic heterocycles. The van der Waals surface area contributed by atoms with Crippen molar-refractivity contribution in [2.45, 2.75) is 131 Å². The number of esters is 2. The lowest BCUT2D eigenvalue weighted by Crippen LogP contribution is -2.32. The van der Waals surface area contributed by atoms with Crippen molar-refractivity contribution in [1.29, 1.82) is 0 Å². The summed E-state index contributed by atoms with van der Waals surface area (Å²) in [7, 11) is 0. The quantitative estimate of drug-likeness (QED) is 0.0719. The van der Waals surface area contributed by atoms with Crippen LogP contribution in [0.25, 0.3) is 11.1 Å². The fourth-order valence-corrected chi connectivity index (χ4v) is 5.65. The highest BCUT2D eigenvalue weighted by molar-refractivity contribution is 5.72. The molecule has 46 heavy (non-hydrogen) atoms. The number of hydrogen-bond acceptors (Lipinski definition) is 6. The second-order valence-corrected chi connectivity index (χ2v) is 12.8. The average molecular weight is 637 g/mol. The highest BCUT2D eigenvalue weighted by Crippen LogP contribution is 2.23. The first-order chi connectivity index (χ1) is 22.5. The lowest BCUT2D eigenvalue weighted by Gasteiger charge is -2.21. The number of unbranched alkanes of at least 4 members (excludes halogenated alkanes) is 10. The molecule has 0 saturated carbocycles. The van der Waals surface area contributed by atoms with Crippen LogP contribution in [0.15, 0.2) is 48.5 Å². The fourth-order valence-electron chi connectivity index (χ4n) is 5.65. The Balaban J connectivity index is 1.87. The van der Waals surface area contributed by atoms with E-state index in [2.05, 4.69) is 61.8 Å². The Kier molecular flexibility index (Phi) is 21.8. The van der Waals surface area contributed by atoms with E-state index in [0.29, 0.717) is 13.1 Å². The Labute approximate surface area is 281 Å². The summed E-state index contributed by atoms with van der Waals surface area (Å²) in [6.45, 7) is 13.9. The highest BCUT2D eigenvalue weighted by Gasteiger charge is 2.14. The van der Waals surface area contributed by atoms with Gasteiger partial charge >= 0.3 is 11.9 Å². The summed E-state index contributed by atoms with van der Waals surface area (Å²) in [4.78, 5) is 30.0. The van der Waals surface area contributed by atoms with Crippen LogP contribution in [-0.4, -0.2) is 61.0 Å². The van der Waals surface area contributed by atoms with Gasteiger partial charge < -0.3 is 9.47 Å². The molecule has 0 aliphatic rings. The maximum absolute atomic E-state index is 12.8. The normalized spacial score (nSPS) is 11.3. The van der Waals surface area contributed by atoms with E-state index in [9.17, 15) is 9.59 Å². The predicted molar refractivity (Wildman–Crippen MR) is 192 cm³/mol. The van der Waals surface area contributed by atoms with E-state index in [0.717, 1.165) is 87.0 Å². The zero-order valence-corrected chi connectivity index (χ0v) is 29.7. The molecule has 0 fully saturated rings. The molecule has 0 saturated heterocycles. The Bertz CT molecular complexity index is 1000. The van der Waals surface area contributed by atoms with E-state index in [1.165, 1.54) is 51.4 Å². The number of carbonyl (C=O) groups is 2. The largest absolute Gasteiger partial charge is 0.460 e. The topological polar surface area (TPSA) is 59.1 Å². The lowest BCUT2D eigenvalue weighted by molar-refractivity contribution is -0.147. The van der Waals surface area contributed by atoms with Crippen LogP contribution in [0.4, 0.5) is 0 Å². The zero-order chi connectivity index (χ0) is 33.2. The molecule has 0 radical (unpaired) electrons. The van der Waals surface area contributed by atoms with Crippen molar-refractivity contribution in [2.24, 2.45) is 0 Å². The van der Waals surface area contributed by atoms with Crippen LogP contribution >= 0.6 is 0 Å². The second kappa shape index (κ2) is 25.4. The van der Waals surface area contributed by atoms with Crippen LogP contribution in [0.1, 0.15) is 129 Å². The number of rotatable bonds is 27. The third-order valence-corrected chi connectivity index (χ3v) is 8.50. The molecule has 2 aromatic carbocycles.